The van der Waals surface area contributed by atoms with Gasteiger partial charge in [0.15, 0.2) is 0 Å². The van der Waals surface area contributed by atoms with Crippen molar-refractivity contribution < 1.29 is 14.3 Å². The number of ketones is 1. The number of nitrogens with two attached hydrogens (primary N) is 1. The van der Waals surface area contributed by atoms with Crippen LogP contribution in [0.15, 0.2) is 0 Å². The van der Waals surface area contributed by atoms with Gasteiger partial charge in [0.1, 0.15) is 11.4 Å². The Morgan fingerprint density at radius 3 is 1.76 bits per heavy atom. The van der Waals surface area contributed by atoms with Crippen LogP contribution in [-0.4, -0.2) is 17.5 Å². The molecular formula is C17H35NO3. The second-order valence-electron chi connectivity index (χ2n) is 6.58. The predicted molar refractivity (Wildman–Crippen MR) is 88.1 cm³/mol. The Morgan fingerprint density at radius 1 is 1.14 bits per heavy atom. The molecule has 126 valence electrons. The van der Waals surface area contributed by atoms with Crippen LogP contribution in [0.1, 0.15) is 74.7 Å². The van der Waals surface area contributed by atoms with Crippen LogP contribution in [0.5, 0.6) is 0 Å². The smallest absolute Gasteiger partial charge is 0.405 e. The molecule has 0 saturated heterocycles. The minimum absolute atomic E-state index is 0. The number of rotatable bonds is 0. The topological polar surface area (TPSA) is 69.4 Å². The molecule has 0 aromatic heterocycles. The van der Waals surface area contributed by atoms with E-state index in [1.54, 1.807) is 20.8 Å². The number of hydrogen-bond donors (Lipinski definition) is 1. The minimum Gasteiger partial charge on any atom is -0.444 e. The van der Waals surface area contributed by atoms with E-state index >= 15 is 0 Å². The van der Waals surface area contributed by atoms with E-state index in [-0.39, 0.29) is 7.43 Å². The standard InChI is InChI=1S/C9H14O.C5H11NO2.C2H6.CH4/c1-6-2-7-4-9(10)5-8(7)3-6;1-5(2,3)8-4(6)7;1-2;/h6-8H,2-5H2,1H3;1-3H3,(H2,6,7);1-2H3;1H4/t6?,7-,8+;;;. The van der Waals surface area contributed by atoms with E-state index in [9.17, 15) is 9.59 Å². The summed E-state index contributed by atoms with van der Waals surface area (Å²) in [5.41, 5.74) is 4.26. The SMILES string of the molecule is C.CC.CC(C)(C)OC(N)=O.CC1C[C@H]2CC(=O)C[C@H]2C1. The number of carbonyl (C=O) groups is 2. The number of hydrogen-bond acceptors (Lipinski definition) is 3. The fourth-order valence-electron chi connectivity index (χ4n) is 2.98. The Balaban J connectivity index is 0. The summed E-state index contributed by atoms with van der Waals surface area (Å²) in [4.78, 5) is 21.0. The molecule has 0 aromatic carbocycles. The van der Waals surface area contributed by atoms with Gasteiger partial charge in [-0.3, -0.25) is 4.79 Å². The van der Waals surface area contributed by atoms with Crippen LogP contribution in [0.4, 0.5) is 4.79 Å². The lowest BCUT2D eigenvalue weighted by Crippen LogP contribution is -2.27. The van der Waals surface area contributed by atoms with Gasteiger partial charge in [-0.05, 0) is 51.4 Å². The first-order valence-corrected chi connectivity index (χ1v) is 7.67. The Hall–Kier alpha value is -1.06. The lowest BCUT2D eigenvalue weighted by atomic mass is 10.0. The van der Waals surface area contributed by atoms with E-state index < -0.39 is 11.7 Å². The third-order valence-corrected chi connectivity index (χ3v) is 3.46. The van der Waals surface area contributed by atoms with E-state index in [1.807, 2.05) is 13.8 Å². The first kappa shape index (κ1) is 22.2. The van der Waals surface area contributed by atoms with Crippen LogP contribution in [0.2, 0.25) is 0 Å². The van der Waals surface area contributed by atoms with Crippen LogP contribution >= 0.6 is 0 Å². The van der Waals surface area contributed by atoms with Gasteiger partial charge >= 0.3 is 6.09 Å². The van der Waals surface area contributed by atoms with Crippen molar-refractivity contribution in [3.63, 3.8) is 0 Å². The van der Waals surface area contributed by atoms with E-state index in [4.69, 9.17) is 5.73 Å². The fourth-order valence-corrected chi connectivity index (χ4v) is 2.98. The van der Waals surface area contributed by atoms with Crippen LogP contribution < -0.4 is 5.73 Å². The van der Waals surface area contributed by atoms with Crippen molar-refractivity contribution in [1.82, 2.24) is 0 Å². The molecule has 2 rings (SSSR count). The fraction of sp³-hybridized carbons (Fsp3) is 0.882. The molecule has 4 nitrogen and oxygen atoms in total. The first-order valence-electron chi connectivity index (χ1n) is 7.67. The highest BCUT2D eigenvalue weighted by atomic mass is 16.6. The van der Waals surface area contributed by atoms with E-state index in [2.05, 4.69) is 11.7 Å². The maximum Gasteiger partial charge on any atom is 0.405 e. The van der Waals surface area contributed by atoms with Crippen LogP contribution in [-0.2, 0) is 9.53 Å². The number of amides is 1. The molecular weight excluding hydrogens is 266 g/mol. The Labute approximate surface area is 130 Å². The van der Waals surface area contributed by atoms with Crippen molar-refractivity contribution in [3.8, 4) is 0 Å². The van der Waals surface area contributed by atoms with E-state index in [1.165, 1.54) is 12.8 Å². The molecule has 1 unspecified atom stereocenters. The lowest BCUT2D eigenvalue weighted by Gasteiger charge is -2.16. The van der Waals surface area contributed by atoms with Crippen LogP contribution in [0.3, 0.4) is 0 Å². The largest absolute Gasteiger partial charge is 0.444 e. The molecule has 3 atom stereocenters. The quantitative estimate of drug-likeness (QED) is 0.713. The van der Waals surface area contributed by atoms with Crippen molar-refractivity contribution in [2.24, 2.45) is 23.5 Å². The highest BCUT2D eigenvalue weighted by Crippen LogP contribution is 2.44. The summed E-state index contributed by atoms with van der Waals surface area (Å²) in [5, 5.41) is 0. The summed E-state index contributed by atoms with van der Waals surface area (Å²) in [6.07, 6.45) is 3.70. The molecule has 0 bridgehead atoms. The average Bonchev–Trinajstić information content (AvgIpc) is 2.73. The summed E-state index contributed by atoms with van der Waals surface area (Å²) < 4.78 is 4.58. The molecule has 2 N–H and O–H groups in total. The highest BCUT2D eigenvalue weighted by Gasteiger charge is 2.39. The van der Waals surface area contributed by atoms with Crippen molar-refractivity contribution >= 4 is 11.9 Å². The summed E-state index contributed by atoms with van der Waals surface area (Å²) in [6.45, 7) is 11.6. The molecule has 0 aromatic rings. The van der Waals surface area contributed by atoms with Gasteiger partial charge in [0.25, 0.3) is 0 Å². The maximum absolute atomic E-state index is 11.0. The molecule has 2 fully saturated rings. The number of Topliss-reactive ketones (excluding diaryl/α,β-unsaturated/α-hetero) is 1. The first-order chi connectivity index (χ1) is 9.17. The van der Waals surface area contributed by atoms with Crippen molar-refractivity contribution in [1.29, 1.82) is 0 Å². The molecule has 0 spiro atoms. The lowest BCUT2D eigenvalue weighted by molar-refractivity contribution is -0.117. The molecule has 4 heteroatoms. The van der Waals surface area contributed by atoms with Gasteiger partial charge in [-0.15, -0.1) is 0 Å². The zero-order valence-electron chi connectivity index (χ0n) is 13.9. The summed E-state index contributed by atoms with van der Waals surface area (Å²) in [7, 11) is 0. The van der Waals surface area contributed by atoms with Crippen molar-refractivity contribution in [2.45, 2.75) is 80.3 Å². The van der Waals surface area contributed by atoms with Gasteiger partial charge in [-0.1, -0.05) is 28.2 Å². The third-order valence-electron chi connectivity index (χ3n) is 3.46. The van der Waals surface area contributed by atoms with Gasteiger partial charge < -0.3 is 10.5 Å². The van der Waals surface area contributed by atoms with Gasteiger partial charge in [0.05, 0.1) is 0 Å². The number of ether oxygens (including phenoxy) is 1. The monoisotopic (exact) mass is 301 g/mol. The zero-order chi connectivity index (χ0) is 15.9. The number of carbonyl (C=O) groups excluding carboxylic acids is 2. The molecule has 2 saturated carbocycles. The van der Waals surface area contributed by atoms with Crippen LogP contribution in [0.25, 0.3) is 0 Å². The molecule has 1 amide bonds. The second-order valence-corrected chi connectivity index (χ2v) is 6.58. The van der Waals surface area contributed by atoms with E-state index in [0.717, 1.165) is 30.6 Å². The average molecular weight is 301 g/mol. The van der Waals surface area contributed by atoms with Gasteiger partial charge in [-0.25, -0.2) is 4.79 Å². The molecule has 2 aliphatic carbocycles. The van der Waals surface area contributed by atoms with E-state index in [0.29, 0.717) is 5.78 Å². The highest BCUT2D eigenvalue weighted by molar-refractivity contribution is 5.81. The Bertz CT molecular complexity index is 304. The Morgan fingerprint density at radius 2 is 1.52 bits per heavy atom. The molecule has 0 heterocycles. The van der Waals surface area contributed by atoms with Gasteiger partial charge in [0.2, 0.25) is 0 Å². The second kappa shape index (κ2) is 9.80. The van der Waals surface area contributed by atoms with Gasteiger partial charge in [-0.2, -0.15) is 0 Å². The van der Waals surface area contributed by atoms with Gasteiger partial charge in [0, 0.05) is 12.8 Å². The number of primary amides is 1. The predicted octanol–water partition coefficient (Wildman–Crippen LogP) is 4.55. The summed E-state index contributed by atoms with van der Waals surface area (Å²) in [6, 6.07) is 0. The maximum atomic E-state index is 11.0. The molecule has 21 heavy (non-hydrogen) atoms. The molecule has 0 radical (unpaired) electrons. The van der Waals surface area contributed by atoms with Crippen molar-refractivity contribution in [2.75, 3.05) is 0 Å². The normalized spacial score (nSPS) is 26.4. The summed E-state index contributed by atoms with van der Waals surface area (Å²) in [5.74, 6) is 2.97. The zero-order valence-corrected chi connectivity index (χ0v) is 13.9. The number of fused-ring (bicyclic) bond motifs is 1. The molecule has 2 aliphatic rings. The van der Waals surface area contributed by atoms with Crippen molar-refractivity contribution in [3.05, 3.63) is 0 Å². The molecule has 0 aliphatic heterocycles. The van der Waals surface area contributed by atoms with Crippen LogP contribution in [0, 0.1) is 17.8 Å². The summed E-state index contributed by atoms with van der Waals surface area (Å²) >= 11 is 0. The Kier molecular flexibility index (Phi) is 10.4. The third kappa shape index (κ3) is 9.48. The minimum atomic E-state index is -0.725.